The average Bonchev–Trinajstić information content (AvgIpc) is 3.60. The van der Waals surface area contributed by atoms with Crippen LogP contribution < -0.4 is 0 Å². The molecule has 0 saturated heterocycles. The van der Waals surface area contributed by atoms with Crippen molar-refractivity contribution in [3.63, 3.8) is 0 Å². The smallest absolute Gasteiger partial charge is 0.0724 e. The molecule has 10 rings (SSSR count). The molecule has 1 aliphatic carbocycles. The molecule has 1 aliphatic rings. The average molecular weight is 576 g/mol. The molecule has 3 heterocycles. The highest BCUT2D eigenvalue weighted by atomic mass is 15.0. The van der Waals surface area contributed by atoms with Crippen molar-refractivity contribution >= 4 is 54.4 Å². The van der Waals surface area contributed by atoms with Crippen LogP contribution in [0.5, 0.6) is 0 Å². The molecule has 0 saturated carbocycles. The highest BCUT2D eigenvalue weighted by Gasteiger charge is 2.34. The fraction of sp³-hybridized carbons (Fsp3) is 0.0714. The van der Waals surface area contributed by atoms with Gasteiger partial charge in [-0.05, 0) is 81.6 Å². The lowest BCUT2D eigenvalue weighted by Gasteiger charge is -2.35. The number of nitrogens with zero attached hydrogens (tertiary/aromatic N) is 3. The lowest BCUT2D eigenvalue weighted by molar-refractivity contribution is 0.645. The van der Waals surface area contributed by atoms with E-state index >= 15 is 0 Å². The van der Waals surface area contributed by atoms with Gasteiger partial charge in [-0.1, -0.05) is 92.7 Å². The molecule has 6 aromatic carbocycles. The van der Waals surface area contributed by atoms with Crippen molar-refractivity contribution in [2.45, 2.75) is 19.3 Å². The van der Waals surface area contributed by atoms with E-state index in [9.17, 15) is 0 Å². The quantitative estimate of drug-likeness (QED) is 0.201. The fourth-order valence-corrected chi connectivity index (χ4v) is 8.21. The summed E-state index contributed by atoms with van der Waals surface area (Å²) in [7, 11) is 0. The second-order valence-corrected chi connectivity index (χ2v) is 12.8. The second-order valence-electron chi connectivity index (χ2n) is 12.8. The Hall–Kier alpha value is -5.67. The van der Waals surface area contributed by atoms with Crippen LogP contribution in [0.15, 0.2) is 140 Å². The van der Waals surface area contributed by atoms with Crippen molar-refractivity contribution in [2.75, 3.05) is 0 Å². The molecule has 212 valence electrons. The van der Waals surface area contributed by atoms with Crippen LogP contribution in [0.25, 0.3) is 76.9 Å². The van der Waals surface area contributed by atoms with Crippen LogP contribution in [0.3, 0.4) is 0 Å². The highest BCUT2D eigenvalue weighted by molar-refractivity contribution is 6.25. The monoisotopic (exact) mass is 575 g/mol. The summed E-state index contributed by atoms with van der Waals surface area (Å²) in [4.78, 5) is 4.64. The molecule has 3 aromatic heterocycles. The maximum atomic E-state index is 4.64. The first-order chi connectivity index (χ1) is 22.1. The minimum atomic E-state index is -0.0886. The number of hydrogen-bond acceptors (Lipinski definition) is 1. The topological polar surface area (TPSA) is 22.8 Å². The van der Waals surface area contributed by atoms with Gasteiger partial charge in [0.1, 0.15) is 0 Å². The predicted molar refractivity (Wildman–Crippen MR) is 188 cm³/mol. The first kappa shape index (κ1) is 24.7. The molecule has 0 unspecified atom stereocenters. The normalized spacial score (nSPS) is 13.7. The van der Waals surface area contributed by atoms with Crippen LogP contribution in [0.2, 0.25) is 0 Å². The molecular weight excluding hydrogens is 546 g/mol. The van der Waals surface area contributed by atoms with Crippen LogP contribution in [-0.2, 0) is 5.41 Å². The van der Waals surface area contributed by atoms with Gasteiger partial charge in [-0.3, -0.25) is 4.98 Å². The summed E-state index contributed by atoms with van der Waals surface area (Å²) in [5.74, 6) is 0. The van der Waals surface area contributed by atoms with Gasteiger partial charge in [0, 0.05) is 44.5 Å². The van der Waals surface area contributed by atoms with E-state index in [4.69, 9.17) is 0 Å². The third kappa shape index (κ3) is 3.17. The molecule has 3 heteroatoms. The van der Waals surface area contributed by atoms with Gasteiger partial charge in [0.15, 0.2) is 0 Å². The molecular formula is C42H29N3. The van der Waals surface area contributed by atoms with Crippen LogP contribution in [0.1, 0.15) is 25.0 Å². The number of pyridine rings is 1. The molecule has 0 N–H and O–H groups in total. The Balaban J connectivity index is 1.35. The molecule has 45 heavy (non-hydrogen) atoms. The third-order valence-corrected chi connectivity index (χ3v) is 10.2. The number of rotatable bonds is 2. The van der Waals surface area contributed by atoms with Crippen molar-refractivity contribution in [2.24, 2.45) is 0 Å². The molecule has 9 aromatic rings. The Morgan fingerprint density at radius 1 is 0.467 bits per heavy atom. The zero-order chi connectivity index (χ0) is 29.9. The number of fused-ring (bicyclic) bond motifs is 9. The van der Waals surface area contributed by atoms with E-state index < -0.39 is 0 Å². The van der Waals surface area contributed by atoms with Gasteiger partial charge in [-0.25, -0.2) is 0 Å². The van der Waals surface area contributed by atoms with E-state index in [1.807, 2.05) is 12.4 Å². The molecule has 0 spiro atoms. The number of para-hydroxylation sites is 2. The van der Waals surface area contributed by atoms with Gasteiger partial charge in [0.25, 0.3) is 0 Å². The molecule has 0 aliphatic heterocycles. The van der Waals surface area contributed by atoms with E-state index in [-0.39, 0.29) is 5.41 Å². The predicted octanol–water partition coefficient (Wildman–Crippen LogP) is 10.7. The number of hydrogen-bond donors (Lipinski definition) is 0. The van der Waals surface area contributed by atoms with Crippen molar-refractivity contribution in [1.29, 1.82) is 0 Å². The van der Waals surface area contributed by atoms with E-state index in [1.54, 1.807) is 0 Å². The number of benzene rings is 6. The Labute approximate surface area is 260 Å². The van der Waals surface area contributed by atoms with Crippen LogP contribution in [-0.4, -0.2) is 14.1 Å². The minimum absolute atomic E-state index is 0.0886. The lowest BCUT2D eigenvalue weighted by Crippen LogP contribution is -2.23. The first-order valence-electron chi connectivity index (χ1n) is 15.6. The molecule has 0 radical (unpaired) electrons. The highest BCUT2D eigenvalue weighted by Crippen LogP contribution is 2.51. The van der Waals surface area contributed by atoms with E-state index in [0.717, 1.165) is 11.2 Å². The Morgan fingerprint density at radius 2 is 1.20 bits per heavy atom. The molecule has 0 atom stereocenters. The summed E-state index contributed by atoms with van der Waals surface area (Å²) in [6, 6.07) is 46.8. The zero-order valence-electron chi connectivity index (χ0n) is 25.1. The van der Waals surface area contributed by atoms with Crippen molar-refractivity contribution in [3.8, 4) is 22.5 Å². The summed E-state index contributed by atoms with van der Waals surface area (Å²) >= 11 is 0. The standard InChI is InChI=1S/C42H29N3/c1-42(2)34-16-8-6-13-28(34)33-24-38-41(31-15-10-17-35(42)40(31)33)30-21-22-43-25-39(30)45(38)27-19-20-37-32(23-27)29-14-7-9-18-36(29)44(37)26-11-4-3-5-12-26/h3-25H,1-2H3. The lowest BCUT2D eigenvalue weighted by atomic mass is 9.68. The second kappa shape index (κ2) is 8.71. The first-order valence-corrected chi connectivity index (χ1v) is 15.6. The van der Waals surface area contributed by atoms with Gasteiger partial charge in [0.2, 0.25) is 0 Å². The Morgan fingerprint density at radius 3 is 2.11 bits per heavy atom. The summed E-state index contributed by atoms with van der Waals surface area (Å²) < 4.78 is 4.80. The van der Waals surface area contributed by atoms with Gasteiger partial charge in [-0.15, -0.1) is 0 Å². The van der Waals surface area contributed by atoms with Gasteiger partial charge >= 0.3 is 0 Å². The van der Waals surface area contributed by atoms with Gasteiger partial charge in [-0.2, -0.15) is 0 Å². The van der Waals surface area contributed by atoms with Gasteiger partial charge < -0.3 is 9.13 Å². The molecule has 3 nitrogen and oxygen atoms in total. The van der Waals surface area contributed by atoms with Crippen LogP contribution >= 0.6 is 0 Å². The van der Waals surface area contributed by atoms with E-state index in [0.29, 0.717) is 0 Å². The number of aromatic nitrogens is 3. The molecule has 0 amide bonds. The van der Waals surface area contributed by atoms with Crippen LogP contribution in [0, 0.1) is 0 Å². The van der Waals surface area contributed by atoms with Crippen molar-refractivity contribution in [1.82, 2.24) is 14.1 Å². The molecule has 0 fully saturated rings. The zero-order valence-corrected chi connectivity index (χ0v) is 25.1. The summed E-state index contributed by atoms with van der Waals surface area (Å²) in [6.45, 7) is 4.73. The van der Waals surface area contributed by atoms with Gasteiger partial charge in [0.05, 0.1) is 28.3 Å². The van der Waals surface area contributed by atoms with Crippen molar-refractivity contribution in [3.05, 3.63) is 151 Å². The summed E-state index contributed by atoms with van der Waals surface area (Å²) in [6.07, 6.45) is 3.96. The third-order valence-electron chi connectivity index (χ3n) is 10.2. The Kier molecular flexibility index (Phi) is 4.79. The largest absolute Gasteiger partial charge is 0.309 e. The van der Waals surface area contributed by atoms with Crippen molar-refractivity contribution < 1.29 is 0 Å². The minimum Gasteiger partial charge on any atom is -0.309 e. The molecule has 0 bridgehead atoms. The summed E-state index contributed by atoms with van der Waals surface area (Å²) in [5.41, 5.74) is 12.4. The Bertz CT molecular complexity index is 2670. The summed E-state index contributed by atoms with van der Waals surface area (Å²) in [5, 5.41) is 7.67. The fourth-order valence-electron chi connectivity index (χ4n) is 8.21. The van der Waals surface area contributed by atoms with Crippen LogP contribution in [0.4, 0.5) is 0 Å². The SMILES string of the molecule is CC1(C)c2ccccc2-c2cc3c(c4cccc1c24)c1ccncc1n3-c1ccc2c(c1)c1ccccc1n2-c1ccccc1. The maximum absolute atomic E-state index is 4.64. The van der Waals surface area contributed by atoms with E-state index in [2.05, 4.69) is 155 Å². The maximum Gasteiger partial charge on any atom is 0.0724 e. The van der Waals surface area contributed by atoms with E-state index in [1.165, 1.54) is 76.8 Å².